The average Bonchev–Trinajstić information content (AvgIpc) is 2.98. The molecule has 2 saturated heterocycles. The molecule has 3 heterocycles. The van der Waals surface area contributed by atoms with Crippen LogP contribution in [0.4, 0.5) is 10.6 Å². The highest BCUT2D eigenvalue weighted by Gasteiger charge is 2.46. The van der Waals surface area contributed by atoms with E-state index in [-0.39, 0.29) is 23.5 Å². The molecule has 3 aliphatic rings. The van der Waals surface area contributed by atoms with Gasteiger partial charge in [0, 0.05) is 32.1 Å². The lowest BCUT2D eigenvalue weighted by molar-refractivity contribution is -0.130. The van der Waals surface area contributed by atoms with E-state index in [1.54, 1.807) is 24.2 Å². The Hall–Kier alpha value is -2.18. The second-order valence-electron chi connectivity index (χ2n) is 7.80. The van der Waals surface area contributed by atoms with E-state index in [9.17, 15) is 9.59 Å². The van der Waals surface area contributed by atoms with Crippen molar-refractivity contribution < 1.29 is 14.3 Å². The van der Waals surface area contributed by atoms with Gasteiger partial charge < -0.3 is 9.64 Å². The molecule has 4 rings (SSSR count). The Balaban J connectivity index is 1.52. The molecule has 1 aromatic rings. The summed E-state index contributed by atoms with van der Waals surface area (Å²) in [5.41, 5.74) is 0.509. The highest BCUT2D eigenvalue weighted by atomic mass is 16.6. The van der Waals surface area contributed by atoms with Gasteiger partial charge in [0.25, 0.3) is 0 Å². The molecule has 3 fully saturated rings. The van der Waals surface area contributed by atoms with Gasteiger partial charge in [0.2, 0.25) is 5.91 Å². The monoisotopic (exact) mass is 358 g/mol. The number of carbonyl (C=O) groups is 2. The fourth-order valence-corrected chi connectivity index (χ4v) is 4.46. The predicted octanol–water partition coefficient (Wildman–Crippen LogP) is 2.86. The maximum Gasteiger partial charge on any atom is 0.416 e. The summed E-state index contributed by atoms with van der Waals surface area (Å²) < 4.78 is 5.76. The minimum Gasteiger partial charge on any atom is -0.441 e. The molecule has 1 aliphatic carbocycles. The molecule has 0 radical (unpaired) electrons. The van der Waals surface area contributed by atoms with Gasteiger partial charge in [0.15, 0.2) is 5.82 Å². The quantitative estimate of drug-likeness (QED) is 0.812. The van der Waals surface area contributed by atoms with Crippen molar-refractivity contribution in [3.63, 3.8) is 0 Å². The molecule has 1 spiro atoms. The zero-order valence-electron chi connectivity index (χ0n) is 15.3. The summed E-state index contributed by atoms with van der Waals surface area (Å²) in [6.07, 6.45) is 10.3. The Kier molecular flexibility index (Phi) is 4.54. The minimum atomic E-state index is -0.344. The summed E-state index contributed by atoms with van der Waals surface area (Å²) in [5.74, 6) is 0.832. The third-order valence-electron chi connectivity index (χ3n) is 5.94. The van der Waals surface area contributed by atoms with Crippen LogP contribution in [0.15, 0.2) is 12.4 Å². The Labute approximate surface area is 153 Å². The molecule has 0 N–H and O–H groups in total. The first-order valence-electron chi connectivity index (χ1n) is 9.64. The van der Waals surface area contributed by atoms with Gasteiger partial charge in [0.1, 0.15) is 5.60 Å². The third-order valence-corrected chi connectivity index (χ3v) is 5.94. The number of carbonyl (C=O) groups excluding carboxylic acids is 2. The van der Waals surface area contributed by atoms with Crippen LogP contribution in [-0.4, -0.2) is 52.1 Å². The molecule has 7 heteroatoms. The summed E-state index contributed by atoms with van der Waals surface area (Å²) in [5, 5.41) is 0. The summed E-state index contributed by atoms with van der Waals surface area (Å²) >= 11 is 0. The Bertz CT molecular complexity index is 702. The van der Waals surface area contributed by atoms with E-state index >= 15 is 0 Å². The zero-order valence-corrected chi connectivity index (χ0v) is 15.3. The van der Waals surface area contributed by atoms with Gasteiger partial charge in [-0.1, -0.05) is 6.42 Å². The number of aromatic nitrogens is 2. The SMILES string of the molecule is CC(=O)N1CCC[C@@H](c2cncc(N3CC4(CCCCC4)OC3=O)n2)C1. The second kappa shape index (κ2) is 6.85. The van der Waals surface area contributed by atoms with E-state index in [1.165, 1.54) is 6.42 Å². The van der Waals surface area contributed by atoms with Gasteiger partial charge in [-0.05, 0) is 38.5 Å². The van der Waals surface area contributed by atoms with Crippen molar-refractivity contribution in [2.45, 2.75) is 63.4 Å². The van der Waals surface area contributed by atoms with Gasteiger partial charge >= 0.3 is 6.09 Å². The number of likely N-dealkylation sites (tertiary alicyclic amines) is 1. The van der Waals surface area contributed by atoms with Crippen LogP contribution in [0, 0.1) is 0 Å². The Morgan fingerprint density at radius 2 is 2.04 bits per heavy atom. The third kappa shape index (κ3) is 3.27. The number of rotatable bonds is 2. The highest BCUT2D eigenvalue weighted by molar-refractivity contribution is 5.89. The molecule has 0 aromatic carbocycles. The van der Waals surface area contributed by atoms with Crippen molar-refractivity contribution in [3.8, 4) is 0 Å². The number of anilines is 1. The van der Waals surface area contributed by atoms with Crippen molar-refractivity contribution in [1.29, 1.82) is 0 Å². The van der Waals surface area contributed by atoms with Crippen LogP contribution >= 0.6 is 0 Å². The van der Waals surface area contributed by atoms with Crippen LogP contribution in [0.25, 0.3) is 0 Å². The van der Waals surface area contributed by atoms with Crippen molar-refractivity contribution in [2.75, 3.05) is 24.5 Å². The van der Waals surface area contributed by atoms with Crippen LogP contribution < -0.4 is 4.90 Å². The van der Waals surface area contributed by atoms with E-state index in [0.717, 1.165) is 50.8 Å². The number of piperidine rings is 1. The highest BCUT2D eigenvalue weighted by Crippen LogP contribution is 2.38. The molecular weight excluding hydrogens is 332 g/mol. The first-order valence-corrected chi connectivity index (χ1v) is 9.64. The van der Waals surface area contributed by atoms with Crippen molar-refractivity contribution in [1.82, 2.24) is 14.9 Å². The first kappa shape index (κ1) is 17.2. The number of ether oxygens (including phenoxy) is 1. The number of amides is 2. The van der Waals surface area contributed by atoms with Gasteiger partial charge in [-0.15, -0.1) is 0 Å². The maximum atomic E-state index is 12.5. The average molecular weight is 358 g/mol. The van der Waals surface area contributed by atoms with E-state index in [4.69, 9.17) is 9.72 Å². The normalized spacial score (nSPS) is 25.4. The Morgan fingerprint density at radius 3 is 2.81 bits per heavy atom. The lowest BCUT2D eigenvalue weighted by Gasteiger charge is -2.32. The predicted molar refractivity (Wildman–Crippen MR) is 95.9 cm³/mol. The lowest BCUT2D eigenvalue weighted by Crippen LogP contribution is -2.38. The van der Waals surface area contributed by atoms with Crippen molar-refractivity contribution in [2.24, 2.45) is 0 Å². The van der Waals surface area contributed by atoms with Crippen molar-refractivity contribution >= 4 is 17.8 Å². The van der Waals surface area contributed by atoms with Crippen LogP contribution in [-0.2, 0) is 9.53 Å². The largest absolute Gasteiger partial charge is 0.441 e. The lowest BCUT2D eigenvalue weighted by atomic mass is 9.85. The zero-order chi connectivity index (χ0) is 18.1. The molecule has 140 valence electrons. The van der Waals surface area contributed by atoms with E-state index in [0.29, 0.717) is 18.9 Å². The molecule has 1 aromatic heterocycles. The van der Waals surface area contributed by atoms with E-state index in [1.807, 2.05) is 4.90 Å². The number of hydrogen-bond acceptors (Lipinski definition) is 5. The summed E-state index contributed by atoms with van der Waals surface area (Å²) in [6.45, 7) is 3.64. The molecule has 1 saturated carbocycles. The molecule has 26 heavy (non-hydrogen) atoms. The Morgan fingerprint density at radius 1 is 1.23 bits per heavy atom. The maximum absolute atomic E-state index is 12.5. The number of nitrogens with zero attached hydrogens (tertiary/aromatic N) is 4. The standard InChI is InChI=1S/C19H26N4O3/c1-14(24)22-9-5-6-15(12-22)16-10-20-11-17(21-16)23-13-19(26-18(23)25)7-3-2-4-8-19/h10-11,15H,2-9,12-13H2,1H3/t15-/m1/s1. The van der Waals surface area contributed by atoms with Gasteiger partial charge in [-0.2, -0.15) is 0 Å². The minimum absolute atomic E-state index is 0.0983. The van der Waals surface area contributed by atoms with Gasteiger partial charge in [0.05, 0.1) is 18.4 Å². The molecule has 0 unspecified atom stereocenters. The molecule has 1 atom stereocenters. The first-order chi connectivity index (χ1) is 12.6. The second-order valence-corrected chi connectivity index (χ2v) is 7.80. The van der Waals surface area contributed by atoms with Crippen molar-refractivity contribution in [3.05, 3.63) is 18.1 Å². The summed E-state index contributed by atoms with van der Waals surface area (Å²) in [6, 6.07) is 0. The number of hydrogen-bond donors (Lipinski definition) is 0. The van der Waals surface area contributed by atoms with E-state index < -0.39 is 0 Å². The van der Waals surface area contributed by atoms with Crippen LogP contribution in [0.1, 0.15) is 63.5 Å². The molecule has 2 aliphatic heterocycles. The van der Waals surface area contributed by atoms with Gasteiger partial charge in [-0.3, -0.25) is 14.7 Å². The summed E-state index contributed by atoms with van der Waals surface area (Å²) in [4.78, 5) is 36.7. The fraction of sp³-hybridized carbons (Fsp3) is 0.684. The summed E-state index contributed by atoms with van der Waals surface area (Å²) in [7, 11) is 0. The molecule has 2 amide bonds. The van der Waals surface area contributed by atoms with E-state index in [2.05, 4.69) is 4.98 Å². The smallest absolute Gasteiger partial charge is 0.416 e. The molecule has 7 nitrogen and oxygen atoms in total. The van der Waals surface area contributed by atoms with Crippen LogP contribution in [0.2, 0.25) is 0 Å². The molecule has 0 bridgehead atoms. The molecular formula is C19H26N4O3. The van der Waals surface area contributed by atoms with Gasteiger partial charge in [-0.25, -0.2) is 9.78 Å². The van der Waals surface area contributed by atoms with Crippen LogP contribution in [0.3, 0.4) is 0 Å². The topological polar surface area (TPSA) is 75.6 Å². The van der Waals surface area contributed by atoms with Crippen LogP contribution in [0.5, 0.6) is 0 Å². The fourth-order valence-electron chi connectivity index (χ4n) is 4.46.